The van der Waals surface area contributed by atoms with Crippen LogP contribution in [0.1, 0.15) is 17.1 Å². The lowest BCUT2D eigenvalue weighted by Gasteiger charge is -2.09. The molecule has 0 amide bonds. The molecule has 0 aliphatic carbocycles. The van der Waals surface area contributed by atoms with Gasteiger partial charge in [0, 0.05) is 25.4 Å². The molecule has 0 atom stereocenters. The second kappa shape index (κ2) is 7.22. The minimum atomic E-state index is -3.67. The van der Waals surface area contributed by atoms with E-state index in [1.807, 2.05) is 13.0 Å². The largest absolute Gasteiger partial charge is 0.369 e. The van der Waals surface area contributed by atoms with Crippen molar-refractivity contribution in [1.29, 1.82) is 0 Å². The summed E-state index contributed by atoms with van der Waals surface area (Å²) in [7, 11) is -3.67. The number of nitrogens with zero attached hydrogens (tertiary/aromatic N) is 5. The van der Waals surface area contributed by atoms with Gasteiger partial charge in [-0.05, 0) is 26.8 Å². The smallest absolute Gasteiger partial charge is 0.246 e. The van der Waals surface area contributed by atoms with Crippen LogP contribution in [0.4, 0.5) is 5.82 Å². The average Bonchev–Trinajstić information content (AvgIpc) is 3.18. The number of hydrogen-bond acceptors (Lipinski definition) is 8. The Labute approximate surface area is 150 Å². The quantitative estimate of drug-likeness (QED) is 0.583. The normalized spacial score (nSPS) is 11.7. The molecule has 0 aliphatic heterocycles. The minimum absolute atomic E-state index is 0.0795. The third-order valence-corrected chi connectivity index (χ3v) is 5.27. The van der Waals surface area contributed by atoms with E-state index in [1.165, 1.54) is 6.33 Å². The van der Waals surface area contributed by atoms with Gasteiger partial charge in [-0.25, -0.2) is 27.8 Å². The Kier molecular flexibility index (Phi) is 5.00. The highest BCUT2D eigenvalue weighted by Gasteiger charge is 2.23. The Morgan fingerprint density at radius 2 is 2.00 bits per heavy atom. The summed E-state index contributed by atoms with van der Waals surface area (Å²) < 4.78 is 33.7. The van der Waals surface area contributed by atoms with Gasteiger partial charge in [-0.15, -0.1) is 0 Å². The topological polar surface area (TPSA) is 128 Å². The zero-order valence-corrected chi connectivity index (χ0v) is 15.4. The Balaban J connectivity index is 1.59. The number of nitrogens with one attached hydrogen (secondary N) is 2. The van der Waals surface area contributed by atoms with Crippen molar-refractivity contribution in [1.82, 2.24) is 29.6 Å². The van der Waals surface area contributed by atoms with E-state index >= 15 is 0 Å². The van der Waals surface area contributed by atoms with Crippen molar-refractivity contribution in [2.45, 2.75) is 25.7 Å². The van der Waals surface area contributed by atoms with Gasteiger partial charge in [-0.1, -0.05) is 5.16 Å². The van der Waals surface area contributed by atoms with E-state index in [0.29, 0.717) is 23.9 Å². The van der Waals surface area contributed by atoms with Crippen LogP contribution in [0, 0.1) is 20.8 Å². The molecule has 0 aromatic carbocycles. The van der Waals surface area contributed by atoms with Crippen LogP contribution >= 0.6 is 0 Å². The van der Waals surface area contributed by atoms with Gasteiger partial charge in [-0.2, -0.15) is 5.10 Å². The molecular weight excluding hydrogens is 358 g/mol. The molecule has 0 aliphatic rings. The summed E-state index contributed by atoms with van der Waals surface area (Å²) in [5.74, 6) is 1.45. The van der Waals surface area contributed by atoms with Crippen LogP contribution in [0.5, 0.6) is 0 Å². The number of anilines is 1. The van der Waals surface area contributed by atoms with Crippen molar-refractivity contribution in [3.8, 4) is 5.82 Å². The lowest BCUT2D eigenvalue weighted by molar-refractivity contribution is 0.390. The average molecular weight is 377 g/mol. The monoisotopic (exact) mass is 377 g/mol. The van der Waals surface area contributed by atoms with E-state index in [0.717, 1.165) is 5.69 Å². The van der Waals surface area contributed by atoms with Gasteiger partial charge >= 0.3 is 0 Å². The number of hydrogen-bond donors (Lipinski definition) is 2. The maximum Gasteiger partial charge on any atom is 0.246 e. The molecule has 0 radical (unpaired) electrons. The molecule has 0 unspecified atom stereocenters. The van der Waals surface area contributed by atoms with Gasteiger partial charge in [-0.3, -0.25) is 0 Å². The fraction of sp³-hybridized carbons (Fsp3) is 0.333. The predicted octanol–water partition coefficient (Wildman–Crippen LogP) is 0.966. The molecule has 0 saturated carbocycles. The molecule has 3 rings (SSSR count). The summed E-state index contributed by atoms with van der Waals surface area (Å²) in [6.45, 7) is 5.56. The summed E-state index contributed by atoms with van der Waals surface area (Å²) in [6.07, 6.45) is 3.22. The Morgan fingerprint density at radius 3 is 2.65 bits per heavy atom. The first kappa shape index (κ1) is 18.0. The van der Waals surface area contributed by atoms with Crippen molar-refractivity contribution in [2.75, 3.05) is 18.4 Å². The first-order chi connectivity index (χ1) is 12.4. The molecule has 3 aromatic rings. The van der Waals surface area contributed by atoms with Crippen LogP contribution in [0.25, 0.3) is 5.82 Å². The molecule has 138 valence electrons. The van der Waals surface area contributed by atoms with Gasteiger partial charge in [0.05, 0.1) is 5.69 Å². The molecular formula is C15H19N7O3S. The van der Waals surface area contributed by atoms with Crippen LogP contribution < -0.4 is 10.0 Å². The van der Waals surface area contributed by atoms with E-state index in [1.54, 1.807) is 30.8 Å². The number of aromatic nitrogens is 5. The van der Waals surface area contributed by atoms with Crippen molar-refractivity contribution in [3.63, 3.8) is 0 Å². The maximum absolute atomic E-state index is 12.3. The fourth-order valence-electron chi connectivity index (χ4n) is 2.42. The molecule has 2 N–H and O–H groups in total. The first-order valence-electron chi connectivity index (χ1n) is 7.88. The van der Waals surface area contributed by atoms with E-state index in [-0.39, 0.29) is 17.2 Å². The van der Waals surface area contributed by atoms with Crippen LogP contribution in [-0.4, -0.2) is 46.4 Å². The zero-order chi connectivity index (χ0) is 18.7. The highest BCUT2D eigenvalue weighted by Crippen LogP contribution is 2.18. The molecule has 0 saturated heterocycles. The molecule has 3 heterocycles. The van der Waals surface area contributed by atoms with Crippen LogP contribution in [-0.2, 0) is 10.0 Å². The molecule has 0 fully saturated rings. The third kappa shape index (κ3) is 3.89. The highest BCUT2D eigenvalue weighted by atomic mass is 32.2. The Bertz CT molecular complexity index is 990. The van der Waals surface area contributed by atoms with E-state index in [2.05, 4.69) is 30.3 Å². The number of sulfonamides is 1. The Morgan fingerprint density at radius 1 is 1.19 bits per heavy atom. The number of rotatable bonds is 7. The molecule has 0 bridgehead atoms. The van der Waals surface area contributed by atoms with Gasteiger partial charge in [0.1, 0.15) is 22.7 Å². The maximum atomic E-state index is 12.3. The second-order valence-corrected chi connectivity index (χ2v) is 7.34. The van der Waals surface area contributed by atoms with Crippen molar-refractivity contribution in [2.24, 2.45) is 0 Å². The lowest BCUT2D eigenvalue weighted by atomic mass is 10.4. The zero-order valence-electron chi connectivity index (χ0n) is 14.6. The van der Waals surface area contributed by atoms with E-state index in [4.69, 9.17) is 4.52 Å². The van der Waals surface area contributed by atoms with E-state index < -0.39 is 10.0 Å². The van der Waals surface area contributed by atoms with Crippen LogP contribution in [0.15, 0.2) is 34.1 Å². The minimum Gasteiger partial charge on any atom is -0.369 e. The van der Waals surface area contributed by atoms with Crippen LogP contribution in [0.2, 0.25) is 0 Å². The van der Waals surface area contributed by atoms with Crippen molar-refractivity contribution < 1.29 is 12.9 Å². The second-order valence-electron chi connectivity index (χ2n) is 5.64. The molecule has 26 heavy (non-hydrogen) atoms. The summed E-state index contributed by atoms with van der Waals surface area (Å²) in [4.78, 5) is 8.36. The predicted molar refractivity (Wildman–Crippen MR) is 93.5 cm³/mol. The first-order valence-corrected chi connectivity index (χ1v) is 9.36. The lowest BCUT2D eigenvalue weighted by Crippen LogP contribution is -2.29. The number of aryl methyl sites for hydroxylation is 3. The SMILES string of the molecule is Cc1ccn(-c2cc(NCCNS(=O)(=O)c3c(C)noc3C)ncn2)n1. The van der Waals surface area contributed by atoms with Gasteiger partial charge < -0.3 is 9.84 Å². The summed E-state index contributed by atoms with van der Waals surface area (Å²) >= 11 is 0. The molecule has 11 heteroatoms. The van der Waals surface area contributed by atoms with Gasteiger partial charge in [0.25, 0.3) is 0 Å². The standard InChI is InChI=1S/C15H19N7O3S/c1-10-4-7-22(20-10)14-8-13(17-9-18-14)16-5-6-19-26(23,24)15-11(2)21-25-12(15)3/h4,7-9,19H,5-6H2,1-3H3,(H,16,17,18). The van der Waals surface area contributed by atoms with Crippen LogP contribution in [0.3, 0.4) is 0 Å². The van der Waals surface area contributed by atoms with Crippen molar-refractivity contribution in [3.05, 3.63) is 41.8 Å². The summed E-state index contributed by atoms with van der Waals surface area (Å²) in [6, 6.07) is 3.61. The third-order valence-electron chi connectivity index (χ3n) is 3.57. The molecule has 10 nitrogen and oxygen atoms in total. The fourth-order valence-corrected chi connectivity index (χ4v) is 3.78. The summed E-state index contributed by atoms with van der Waals surface area (Å²) in [5.41, 5.74) is 1.21. The Hall–Kier alpha value is -2.79. The van der Waals surface area contributed by atoms with Crippen molar-refractivity contribution >= 4 is 15.8 Å². The molecule has 3 aromatic heterocycles. The van der Waals surface area contributed by atoms with Gasteiger partial charge in [0.15, 0.2) is 11.6 Å². The molecule has 0 spiro atoms. The summed E-state index contributed by atoms with van der Waals surface area (Å²) in [5, 5.41) is 11.0. The highest BCUT2D eigenvalue weighted by molar-refractivity contribution is 7.89. The van der Waals surface area contributed by atoms with Gasteiger partial charge in [0.2, 0.25) is 10.0 Å². The van der Waals surface area contributed by atoms with E-state index in [9.17, 15) is 8.42 Å².